The van der Waals surface area contributed by atoms with Crippen LogP contribution >= 0.6 is 11.3 Å². The number of amides is 2. The standard InChI is InChI=1S/C29H34N2O3S/c1-4-34-18-5-16-30(29(33)24-12-8-22(3)9-13-24)20-27(32)31-17-14-26-25(15-19-35-26)28(31)23-10-6-21(2)7-11-23/h6-13,15,19,28H,4-5,14,16-18,20H2,1-3H3. The molecule has 35 heavy (non-hydrogen) atoms. The minimum absolute atomic E-state index is 0.0238. The lowest BCUT2D eigenvalue weighted by atomic mass is 9.92. The van der Waals surface area contributed by atoms with Gasteiger partial charge in [0.1, 0.15) is 6.54 Å². The number of nitrogens with zero attached hydrogens (tertiary/aromatic N) is 2. The molecule has 2 amide bonds. The molecule has 184 valence electrons. The van der Waals surface area contributed by atoms with Crippen molar-refractivity contribution in [2.75, 3.05) is 32.8 Å². The molecule has 1 aliphatic heterocycles. The Morgan fingerprint density at radius 3 is 2.40 bits per heavy atom. The Balaban J connectivity index is 1.57. The van der Waals surface area contributed by atoms with E-state index in [-0.39, 0.29) is 24.4 Å². The third kappa shape index (κ3) is 6.00. The maximum atomic E-state index is 13.8. The third-order valence-electron chi connectivity index (χ3n) is 6.51. The molecule has 6 heteroatoms. The lowest BCUT2D eigenvalue weighted by Gasteiger charge is -2.37. The van der Waals surface area contributed by atoms with Gasteiger partial charge in [0.05, 0.1) is 6.04 Å². The second kappa shape index (κ2) is 11.6. The van der Waals surface area contributed by atoms with E-state index in [4.69, 9.17) is 4.74 Å². The van der Waals surface area contributed by atoms with Crippen LogP contribution in [0, 0.1) is 13.8 Å². The summed E-state index contributed by atoms with van der Waals surface area (Å²) in [6.45, 7) is 8.41. The molecule has 0 saturated heterocycles. The van der Waals surface area contributed by atoms with E-state index in [2.05, 4.69) is 42.6 Å². The van der Waals surface area contributed by atoms with Gasteiger partial charge in [0.15, 0.2) is 0 Å². The molecule has 0 bridgehead atoms. The van der Waals surface area contributed by atoms with Gasteiger partial charge >= 0.3 is 0 Å². The van der Waals surface area contributed by atoms with E-state index >= 15 is 0 Å². The van der Waals surface area contributed by atoms with Gasteiger partial charge in [-0.1, -0.05) is 47.5 Å². The van der Waals surface area contributed by atoms with Crippen LogP contribution in [-0.2, 0) is 16.0 Å². The average molecular weight is 491 g/mol. The Morgan fingerprint density at radius 1 is 1.03 bits per heavy atom. The second-order valence-electron chi connectivity index (χ2n) is 9.09. The Kier molecular flexibility index (Phi) is 8.37. The molecular formula is C29H34N2O3S. The number of benzene rings is 2. The summed E-state index contributed by atoms with van der Waals surface area (Å²) < 4.78 is 5.49. The zero-order valence-electron chi connectivity index (χ0n) is 20.8. The van der Waals surface area contributed by atoms with E-state index in [0.29, 0.717) is 38.3 Å². The fourth-order valence-corrected chi connectivity index (χ4v) is 5.48. The van der Waals surface area contributed by atoms with E-state index < -0.39 is 0 Å². The Morgan fingerprint density at radius 2 is 1.71 bits per heavy atom. The first-order chi connectivity index (χ1) is 17.0. The highest BCUT2D eigenvalue weighted by atomic mass is 32.1. The summed E-state index contributed by atoms with van der Waals surface area (Å²) in [5, 5.41) is 2.11. The highest BCUT2D eigenvalue weighted by Crippen LogP contribution is 2.38. The number of aryl methyl sites for hydroxylation is 2. The minimum atomic E-state index is -0.127. The van der Waals surface area contributed by atoms with Crippen molar-refractivity contribution in [3.05, 3.63) is 92.7 Å². The Labute approximate surface area is 212 Å². The summed E-state index contributed by atoms with van der Waals surface area (Å²) in [4.78, 5) is 32.1. The topological polar surface area (TPSA) is 49.9 Å². The van der Waals surface area contributed by atoms with Crippen molar-refractivity contribution in [3.63, 3.8) is 0 Å². The quantitative estimate of drug-likeness (QED) is 0.377. The lowest BCUT2D eigenvalue weighted by Crippen LogP contribution is -2.47. The molecule has 3 aromatic rings. The molecule has 0 N–H and O–H groups in total. The van der Waals surface area contributed by atoms with E-state index in [1.165, 1.54) is 16.0 Å². The summed E-state index contributed by atoms with van der Waals surface area (Å²) >= 11 is 1.76. The van der Waals surface area contributed by atoms with Crippen LogP contribution in [-0.4, -0.2) is 54.5 Å². The predicted octanol–water partition coefficient (Wildman–Crippen LogP) is 5.41. The van der Waals surface area contributed by atoms with Gasteiger partial charge in [-0.2, -0.15) is 0 Å². The highest BCUT2D eigenvalue weighted by molar-refractivity contribution is 7.10. The number of carbonyl (C=O) groups is 2. The monoisotopic (exact) mass is 490 g/mol. The first-order valence-electron chi connectivity index (χ1n) is 12.3. The largest absolute Gasteiger partial charge is 0.382 e. The van der Waals surface area contributed by atoms with E-state index in [1.807, 2.05) is 43.0 Å². The van der Waals surface area contributed by atoms with Crippen molar-refractivity contribution >= 4 is 23.2 Å². The van der Waals surface area contributed by atoms with Crippen LogP contribution in [0.3, 0.4) is 0 Å². The number of hydrogen-bond acceptors (Lipinski definition) is 4. The summed E-state index contributed by atoms with van der Waals surface area (Å²) in [6.07, 6.45) is 1.53. The molecule has 2 heterocycles. The maximum Gasteiger partial charge on any atom is 0.254 e. The van der Waals surface area contributed by atoms with Gasteiger partial charge in [0.2, 0.25) is 5.91 Å². The number of fused-ring (bicyclic) bond motifs is 1. The number of thiophene rings is 1. The van der Waals surface area contributed by atoms with Gasteiger partial charge in [-0.3, -0.25) is 9.59 Å². The van der Waals surface area contributed by atoms with Crippen LogP contribution in [0.4, 0.5) is 0 Å². The first-order valence-corrected chi connectivity index (χ1v) is 13.2. The second-order valence-corrected chi connectivity index (χ2v) is 10.1. The molecule has 2 aromatic carbocycles. The number of rotatable bonds is 9. The smallest absolute Gasteiger partial charge is 0.254 e. The van der Waals surface area contributed by atoms with Gasteiger partial charge < -0.3 is 14.5 Å². The van der Waals surface area contributed by atoms with Crippen molar-refractivity contribution < 1.29 is 14.3 Å². The molecule has 4 rings (SSSR count). The van der Waals surface area contributed by atoms with Crippen LogP contribution in [0.2, 0.25) is 0 Å². The predicted molar refractivity (Wildman–Crippen MR) is 141 cm³/mol. The third-order valence-corrected chi connectivity index (χ3v) is 7.51. The molecule has 1 aliphatic rings. The van der Waals surface area contributed by atoms with Crippen LogP contribution in [0.15, 0.2) is 60.0 Å². The molecule has 0 radical (unpaired) electrons. The normalized spacial score (nSPS) is 15.1. The molecular weight excluding hydrogens is 456 g/mol. The fourth-order valence-electron chi connectivity index (χ4n) is 4.58. The van der Waals surface area contributed by atoms with Crippen LogP contribution in [0.1, 0.15) is 56.9 Å². The van der Waals surface area contributed by atoms with Gasteiger partial charge in [-0.15, -0.1) is 11.3 Å². The number of hydrogen-bond donors (Lipinski definition) is 0. The Hall–Kier alpha value is -2.96. The average Bonchev–Trinajstić information content (AvgIpc) is 3.35. The summed E-state index contributed by atoms with van der Waals surface area (Å²) in [7, 11) is 0. The zero-order valence-corrected chi connectivity index (χ0v) is 21.6. The SMILES string of the molecule is CCOCCCN(CC(=O)N1CCc2sccc2C1c1ccc(C)cc1)C(=O)c1ccc(C)cc1. The summed E-state index contributed by atoms with van der Waals surface area (Å²) in [6, 6.07) is 18.0. The van der Waals surface area contributed by atoms with Crippen molar-refractivity contribution in [2.24, 2.45) is 0 Å². The van der Waals surface area contributed by atoms with Crippen molar-refractivity contribution in [1.29, 1.82) is 0 Å². The number of carbonyl (C=O) groups excluding carboxylic acids is 2. The minimum Gasteiger partial charge on any atom is -0.382 e. The molecule has 1 aromatic heterocycles. The summed E-state index contributed by atoms with van der Waals surface area (Å²) in [5.41, 5.74) is 5.20. The van der Waals surface area contributed by atoms with Gasteiger partial charge in [-0.25, -0.2) is 0 Å². The zero-order chi connectivity index (χ0) is 24.8. The van der Waals surface area contributed by atoms with Gasteiger partial charge in [0, 0.05) is 36.7 Å². The van der Waals surface area contributed by atoms with E-state index in [9.17, 15) is 9.59 Å². The van der Waals surface area contributed by atoms with Crippen LogP contribution in [0.5, 0.6) is 0 Å². The van der Waals surface area contributed by atoms with Gasteiger partial charge in [0.25, 0.3) is 5.91 Å². The van der Waals surface area contributed by atoms with Crippen molar-refractivity contribution in [3.8, 4) is 0 Å². The van der Waals surface area contributed by atoms with Crippen molar-refractivity contribution in [1.82, 2.24) is 9.80 Å². The first kappa shape index (κ1) is 25.1. The highest BCUT2D eigenvalue weighted by Gasteiger charge is 2.34. The molecule has 0 saturated carbocycles. The van der Waals surface area contributed by atoms with Crippen LogP contribution < -0.4 is 0 Å². The molecule has 5 nitrogen and oxygen atoms in total. The molecule has 1 unspecified atom stereocenters. The lowest BCUT2D eigenvalue weighted by molar-refractivity contribution is -0.134. The summed E-state index contributed by atoms with van der Waals surface area (Å²) in [5.74, 6) is -0.140. The maximum absolute atomic E-state index is 13.8. The van der Waals surface area contributed by atoms with Crippen molar-refractivity contribution in [2.45, 2.75) is 39.7 Å². The molecule has 1 atom stereocenters. The fraction of sp³-hybridized carbons (Fsp3) is 0.379. The van der Waals surface area contributed by atoms with E-state index in [1.54, 1.807) is 16.2 Å². The Bertz CT molecular complexity index is 1140. The molecule has 0 fully saturated rings. The van der Waals surface area contributed by atoms with Crippen LogP contribution in [0.25, 0.3) is 0 Å². The number of ether oxygens (including phenoxy) is 1. The molecule has 0 aliphatic carbocycles. The van der Waals surface area contributed by atoms with E-state index in [0.717, 1.165) is 17.5 Å². The van der Waals surface area contributed by atoms with Gasteiger partial charge in [-0.05, 0) is 68.3 Å². The molecule has 0 spiro atoms.